The lowest BCUT2D eigenvalue weighted by atomic mass is 9.95. The number of aromatic carboxylic acids is 1. The molecule has 0 saturated heterocycles. The number of benzene rings is 2. The van der Waals surface area contributed by atoms with Gasteiger partial charge in [0.2, 0.25) is 5.91 Å². The van der Waals surface area contributed by atoms with Crippen molar-refractivity contribution in [3.8, 4) is 0 Å². The molecule has 0 bridgehead atoms. The molecule has 0 radical (unpaired) electrons. The predicted molar refractivity (Wildman–Crippen MR) is 92.2 cm³/mol. The van der Waals surface area contributed by atoms with Crippen LogP contribution in [0.3, 0.4) is 0 Å². The first-order valence-corrected chi connectivity index (χ1v) is 7.94. The summed E-state index contributed by atoms with van der Waals surface area (Å²) in [7, 11) is 1.88. The van der Waals surface area contributed by atoms with Crippen LogP contribution in [-0.4, -0.2) is 42.0 Å². The van der Waals surface area contributed by atoms with Crippen LogP contribution in [-0.2, 0) is 17.8 Å². The third-order valence-corrected chi connectivity index (χ3v) is 4.43. The van der Waals surface area contributed by atoms with Gasteiger partial charge in [-0.05, 0) is 35.7 Å². The number of fused-ring (bicyclic) bond motifs is 1. The van der Waals surface area contributed by atoms with E-state index in [0.717, 1.165) is 16.8 Å². The molecule has 0 atom stereocenters. The number of hydrogen-bond donors (Lipinski definition) is 1. The standard InChI is InChI=1S/C19H20N2O3/c1-20(15-7-3-2-4-8-15)13-18(22)21-11-10-14-6-5-9-16(19(23)24)17(14)12-21/h2-9H,10-13H2,1H3,(H,23,24). The zero-order valence-electron chi connectivity index (χ0n) is 13.6. The fraction of sp³-hybridized carbons (Fsp3) is 0.263. The number of carbonyl (C=O) groups excluding carboxylic acids is 1. The lowest BCUT2D eigenvalue weighted by molar-refractivity contribution is -0.130. The number of carboxylic acids is 1. The molecule has 0 spiro atoms. The van der Waals surface area contributed by atoms with Gasteiger partial charge in [0.15, 0.2) is 0 Å². The maximum atomic E-state index is 12.6. The zero-order chi connectivity index (χ0) is 17.1. The highest BCUT2D eigenvalue weighted by atomic mass is 16.4. The van der Waals surface area contributed by atoms with Crippen LogP contribution in [0, 0.1) is 0 Å². The number of carboxylic acid groups (broad SMARTS) is 1. The first-order valence-electron chi connectivity index (χ1n) is 7.94. The molecular weight excluding hydrogens is 304 g/mol. The Hall–Kier alpha value is -2.82. The van der Waals surface area contributed by atoms with Crippen molar-refractivity contribution in [2.24, 2.45) is 0 Å². The molecule has 0 unspecified atom stereocenters. The fourth-order valence-corrected chi connectivity index (χ4v) is 3.07. The summed E-state index contributed by atoms with van der Waals surface area (Å²) in [6, 6.07) is 15.0. The van der Waals surface area contributed by atoms with Gasteiger partial charge >= 0.3 is 5.97 Å². The summed E-state index contributed by atoms with van der Waals surface area (Å²) in [4.78, 5) is 27.7. The van der Waals surface area contributed by atoms with E-state index in [9.17, 15) is 14.7 Å². The number of anilines is 1. The molecule has 1 aliphatic rings. The first-order chi connectivity index (χ1) is 11.6. The molecule has 1 amide bonds. The molecule has 24 heavy (non-hydrogen) atoms. The molecule has 0 fully saturated rings. The maximum absolute atomic E-state index is 12.6. The Bertz CT molecular complexity index is 758. The summed E-state index contributed by atoms with van der Waals surface area (Å²) in [5, 5.41) is 9.35. The Kier molecular flexibility index (Phi) is 4.51. The highest BCUT2D eigenvalue weighted by molar-refractivity contribution is 5.90. The van der Waals surface area contributed by atoms with Gasteiger partial charge in [-0.2, -0.15) is 0 Å². The van der Waals surface area contributed by atoms with Gasteiger partial charge in [-0.15, -0.1) is 0 Å². The molecule has 124 valence electrons. The average Bonchev–Trinajstić information content (AvgIpc) is 2.61. The Labute approximate surface area is 141 Å². The lowest BCUT2D eigenvalue weighted by Crippen LogP contribution is -2.42. The summed E-state index contributed by atoms with van der Waals surface area (Å²) in [5.74, 6) is -0.935. The molecule has 5 heteroatoms. The van der Waals surface area contributed by atoms with Crippen LogP contribution < -0.4 is 4.90 Å². The molecule has 2 aromatic rings. The van der Waals surface area contributed by atoms with Crippen molar-refractivity contribution < 1.29 is 14.7 Å². The highest BCUT2D eigenvalue weighted by Crippen LogP contribution is 2.23. The van der Waals surface area contributed by atoms with E-state index in [4.69, 9.17) is 0 Å². The summed E-state index contributed by atoms with van der Waals surface area (Å²) >= 11 is 0. The molecule has 0 aromatic heterocycles. The SMILES string of the molecule is CN(CC(=O)N1CCc2cccc(C(=O)O)c2C1)c1ccccc1. The van der Waals surface area contributed by atoms with Gasteiger partial charge in [-0.1, -0.05) is 30.3 Å². The van der Waals surface area contributed by atoms with Crippen LogP contribution in [0.25, 0.3) is 0 Å². The van der Waals surface area contributed by atoms with Gasteiger partial charge in [0.1, 0.15) is 0 Å². The van der Waals surface area contributed by atoms with Crippen LogP contribution in [0.4, 0.5) is 5.69 Å². The summed E-state index contributed by atoms with van der Waals surface area (Å²) in [5.41, 5.74) is 3.05. The molecule has 3 rings (SSSR count). The quantitative estimate of drug-likeness (QED) is 0.938. The lowest BCUT2D eigenvalue weighted by Gasteiger charge is -2.31. The normalized spacial score (nSPS) is 13.3. The second kappa shape index (κ2) is 6.74. The number of rotatable bonds is 4. The smallest absolute Gasteiger partial charge is 0.336 e. The third-order valence-electron chi connectivity index (χ3n) is 4.43. The van der Waals surface area contributed by atoms with E-state index in [1.54, 1.807) is 17.0 Å². The predicted octanol–water partition coefficient (Wildman–Crippen LogP) is 2.41. The number of hydrogen-bond acceptors (Lipinski definition) is 3. The van der Waals surface area contributed by atoms with E-state index in [0.29, 0.717) is 25.1 Å². The number of para-hydroxylation sites is 1. The minimum absolute atomic E-state index is 0.00666. The number of nitrogens with zero attached hydrogens (tertiary/aromatic N) is 2. The number of amides is 1. The second-order valence-electron chi connectivity index (χ2n) is 6.01. The third kappa shape index (κ3) is 3.25. The average molecular weight is 324 g/mol. The summed E-state index contributed by atoms with van der Waals surface area (Å²) in [6.07, 6.45) is 0.692. The van der Waals surface area contributed by atoms with Crippen molar-refractivity contribution in [2.75, 3.05) is 25.0 Å². The molecule has 1 heterocycles. The molecule has 0 saturated carbocycles. The minimum Gasteiger partial charge on any atom is -0.478 e. The fourth-order valence-electron chi connectivity index (χ4n) is 3.07. The molecular formula is C19H20N2O3. The summed E-state index contributed by atoms with van der Waals surface area (Å²) in [6.45, 7) is 1.26. The minimum atomic E-state index is -0.942. The van der Waals surface area contributed by atoms with Gasteiger partial charge < -0.3 is 14.9 Å². The van der Waals surface area contributed by atoms with Crippen LogP contribution in [0.2, 0.25) is 0 Å². The Morgan fingerprint density at radius 2 is 1.88 bits per heavy atom. The van der Waals surface area contributed by atoms with Gasteiger partial charge in [-0.25, -0.2) is 4.79 Å². The molecule has 2 aromatic carbocycles. The van der Waals surface area contributed by atoms with Crippen molar-refractivity contribution >= 4 is 17.6 Å². The molecule has 0 aliphatic carbocycles. The van der Waals surface area contributed by atoms with Crippen molar-refractivity contribution in [3.05, 3.63) is 65.2 Å². The molecule has 1 aliphatic heterocycles. The zero-order valence-corrected chi connectivity index (χ0v) is 13.6. The van der Waals surface area contributed by atoms with Crippen LogP contribution >= 0.6 is 0 Å². The van der Waals surface area contributed by atoms with Crippen molar-refractivity contribution in [2.45, 2.75) is 13.0 Å². The van der Waals surface area contributed by atoms with E-state index < -0.39 is 5.97 Å². The van der Waals surface area contributed by atoms with Gasteiger partial charge in [-0.3, -0.25) is 4.79 Å². The maximum Gasteiger partial charge on any atom is 0.336 e. The second-order valence-corrected chi connectivity index (χ2v) is 6.01. The van der Waals surface area contributed by atoms with E-state index in [2.05, 4.69) is 0 Å². The molecule has 1 N–H and O–H groups in total. The van der Waals surface area contributed by atoms with Crippen molar-refractivity contribution in [1.29, 1.82) is 0 Å². The van der Waals surface area contributed by atoms with E-state index in [-0.39, 0.29) is 12.5 Å². The van der Waals surface area contributed by atoms with E-state index in [1.807, 2.05) is 48.3 Å². The van der Waals surface area contributed by atoms with Crippen molar-refractivity contribution in [1.82, 2.24) is 4.90 Å². The van der Waals surface area contributed by atoms with E-state index in [1.165, 1.54) is 0 Å². The number of carbonyl (C=O) groups is 2. The van der Waals surface area contributed by atoms with Gasteiger partial charge in [0.05, 0.1) is 12.1 Å². The van der Waals surface area contributed by atoms with E-state index >= 15 is 0 Å². The Morgan fingerprint density at radius 3 is 2.58 bits per heavy atom. The van der Waals surface area contributed by atoms with Crippen molar-refractivity contribution in [3.63, 3.8) is 0 Å². The van der Waals surface area contributed by atoms with Crippen LogP contribution in [0.1, 0.15) is 21.5 Å². The highest BCUT2D eigenvalue weighted by Gasteiger charge is 2.25. The Morgan fingerprint density at radius 1 is 1.12 bits per heavy atom. The largest absolute Gasteiger partial charge is 0.478 e. The van der Waals surface area contributed by atoms with Gasteiger partial charge in [0, 0.05) is 25.8 Å². The topological polar surface area (TPSA) is 60.9 Å². The van der Waals surface area contributed by atoms with Crippen LogP contribution in [0.15, 0.2) is 48.5 Å². The molecule has 5 nitrogen and oxygen atoms in total. The van der Waals surface area contributed by atoms with Gasteiger partial charge in [0.25, 0.3) is 0 Å². The number of likely N-dealkylation sites (N-methyl/N-ethyl adjacent to an activating group) is 1. The summed E-state index contributed by atoms with van der Waals surface area (Å²) < 4.78 is 0. The first kappa shape index (κ1) is 16.1. The monoisotopic (exact) mass is 324 g/mol. The Balaban J connectivity index is 1.73. The van der Waals surface area contributed by atoms with Crippen LogP contribution in [0.5, 0.6) is 0 Å².